The Hall–Kier alpha value is -8.11. The summed E-state index contributed by atoms with van der Waals surface area (Å²) in [6.45, 7) is 4.15. The molecule has 0 atom stereocenters. The van der Waals surface area contributed by atoms with Crippen LogP contribution < -0.4 is 44.8 Å². The fourth-order valence-corrected chi connectivity index (χ4v) is 8.65. The highest BCUT2D eigenvalue weighted by Gasteiger charge is 2.30. The van der Waals surface area contributed by atoms with Crippen molar-refractivity contribution in [2.24, 2.45) is 0 Å². The van der Waals surface area contributed by atoms with E-state index in [0.29, 0.717) is 28.4 Å². The summed E-state index contributed by atoms with van der Waals surface area (Å²) in [5.41, 5.74) is -0.738. The van der Waals surface area contributed by atoms with E-state index in [-0.39, 0.29) is 39.9 Å². The summed E-state index contributed by atoms with van der Waals surface area (Å²) in [5, 5.41) is 17.7. The molecule has 3 heterocycles. The first kappa shape index (κ1) is 64.4. The summed E-state index contributed by atoms with van der Waals surface area (Å²) in [7, 11) is -7.86. The number of aromatic nitrogens is 7. The van der Waals surface area contributed by atoms with E-state index in [1.807, 2.05) is 34.6 Å². The number of aromatic carboxylic acids is 1. The van der Waals surface area contributed by atoms with Crippen molar-refractivity contribution in [1.82, 2.24) is 44.1 Å². The fourth-order valence-electron chi connectivity index (χ4n) is 5.86. The number of hydrogen-bond acceptors (Lipinski definition) is 19. The number of nitrogens with zero attached hydrogens (tertiary/aromatic N) is 7. The molecule has 0 aliphatic rings. The van der Waals surface area contributed by atoms with Crippen LogP contribution in [0.2, 0.25) is 10.0 Å². The Labute approximate surface area is 458 Å². The second kappa shape index (κ2) is 27.2. The molecule has 80 heavy (non-hydrogen) atoms. The molecule has 0 saturated heterocycles. The van der Waals surface area contributed by atoms with Crippen LogP contribution in [-0.4, -0.2) is 107 Å². The predicted molar refractivity (Wildman–Crippen MR) is 266 cm³/mol. The van der Waals surface area contributed by atoms with Crippen LogP contribution in [0.1, 0.15) is 68.7 Å². The number of amides is 4. The van der Waals surface area contributed by atoms with Crippen LogP contribution in [0.3, 0.4) is 0 Å². The second-order valence-corrected chi connectivity index (χ2v) is 20.8. The minimum Gasteiger partial charge on any atom is -0.489 e. The number of alkyl halides is 7. The molecule has 434 valence electrons. The molecule has 4 amide bonds. The van der Waals surface area contributed by atoms with Crippen molar-refractivity contribution >= 4 is 73.2 Å². The van der Waals surface area contributed by atoms with Crippen molar-refractivity contribution in [3.63, 3.8) is 0 Å². The van der Waals surface area contributed by atoms with Gasteiger partial charge in [0.15, 0.2) is 0 Å². The second-order valence-electron chi connectivity index (χ2n) is 16.7. The van der Waals surface area contributed by atoms with Gasteiger partial charge in [-0.3, -0.25) is 10.6 Å². The fraction of sp³-hybridized carbons (Fsp3) is 0.318. The molecule has 3 aromatic carbocycles. The molecule has 0 aliphatic heterocycles. The van der Waals surface area contributed by atoms with Crippen molar-refractivity contribution in [3.05, 3.63) is 110 Å². The SMILES string of the molecule is CC(C)Oc1cc(-n2nc(C(C)(C)C)oc2=O)c(Cl)cc1Cl.COc1nc(C)nc(NC(=O)NS(=O)(=O)c2ccccc2CCC(F)(F)F)n1.O=C(Nc1nc(OC(F)F)cc(OC(F)F)n1)NS(=O)(=O)c1ccccc1C(=O)O. The normalized spacial score (nSPS) is 11.6. The number of ether oxygens (including phenoxy) is 4. The van der Waals surface area contributed by atoms with Gasteiger partial charge in [-0.25, -0.2) is 45.5 Å². The number of anilines is 2. The number of benzene rings is 3. The highest BCUT2D eigenvalue weighted by atomic mass is 35.5. The van der Waals surface area contributed by atoms with Gasteiger partial charge in [0.05, 0.1) is 45.5 Å². The summed E-state index contributed by atoms with van der Waals surface area (Å²) in [6, 6.07) is 10.1. The highest BCUT2D eigenvalue weighted by molar-refractivity contribution is 7.90. The van der Waals surface area contributed by atoms with Crippen LogP contribution in [0.15, 0.2) is 85.7 Å². The van der Waals surface area contributed by atoms with Gasteiger partial charge >= 0.3 is 49.2 Å². The molecule has 6 rings (SSSR count). The van der Waals surface area contributed by atoms with E-state index in [1.165, 1.54) is 55.2 Å². The van der Waals surface area contributed by atoms with Gasteiger partial charge in [-0.05, 0) is 57.0 Å². The third-order valence-corrected chi connectivity index (χ3v) is 12.5. The lowest BCUT2D eigenvalue weighted by atomic mass is 9.97. The molecule has 36 heteroatoms. The molecule has 0 fully saturated rings. The van der Waals surface area contributed by atoms with Gasteiger partial charge in [-0.2, -0.15) is 60.3 Å². The summed E-state index contributed by atoms with van der Waals surface area (Å²) >= 11 is 12.3. The third-order valence-electron chi connectivity index (χ3n) is 9.04. The molecule has 0 radical (unpaired) electrons. The first-order valence-corrected chi connectivity index (χ1v) is 25.8. The zero-order valence-electron chi connectivity index (χ0n) is 42.1. The molecule has 0 saturated carbocycles. The molecule has 6 aromatic rings. The Morgan fingerprint density at radius 1 is 0.750 bits per heavy atom. The minimum atomic E-state index is -4.71. The standard InChI is InChI=1S/C15H18Cl2N2O3.C15H16F3N5O4S.C14H10F4N4O7S/c1-8(2)21-12-7-11(9(16)6-10(12)17)19-14(20)22-13(18-19)15(3,4)5;1-9-19-12(22-14(20-9)27-2)21-13(24)23-28(25,26)11-6-4-3-5-10(11)7-8-15(16,17)18;15-11(16)28-8-5-9(29-12(17)18)20-13(19-8)21-14(25)22-30(26,27)7-4-2-1-3-6(7)10(23)24/h6-8H,1-5H3;3-6H,7-8H2,1-2H3,(H2,19,20,21,22,23,24);1-5,11-12H,(H,23,24)(H2,19,20,21,22,25). The zero-order chi connectivity index (χ0) is 60.1. The lowest BCUT2D eigenvalue weighted by molar-refractivity contribution is -0.134. The molecule has 3 aromatic heterocycles. The number of carbonyl (C=O) groups excluding carboxylic acids is 2. The van der Waals surface area contributed by atoms with Crippen LogP contribution in [0, 0.1) is 6.92 Å². The highest BCUT2D eigenvalue weighted by Crippen LogP contribution is 2.34. The maximum absolute atomic E-state index is 12.5. The predicted octanol–water partition coefficient (Wildman–Crippen LogP) is 8.30. The van der Waals surface area contributed by atoms with E-state index >= 15 is 0 Å². The topological polar surface area (TPSA) is 337 Å². The van der Waals surface area contributed by atoms with Gasteiger partial charge in [-0.15, -0.1) is 5.10 Å². The van der Waals surface area contributed by atoms with Gasteiger partial charge in [0.1, 0.15) is 16.5 Å². The first-order chi connectivity index (χ1) is 37.1. The van der Waals surface area contributed by atoms with E-state index in [4.69, 9.17) is 42.2 Å². The summed E-state index contributed by atoms with van der Waals surface area (Å²) in [6.07, 6.45) is -6.26. The van der Waals surface area contributed by atoms with Gasteiger partial charge in [0, 0.05) is 17.9 Å². The molecule has 0 bridgehead atoms. The average molecular weight is 1220 g/mol. The van der Waals surface area contributed by atoms with Gasteiger partial charge in [0.25, 0.3) is 20.0 Å². The monoisotopic (exact) mass is 1220 g/mol. The van der Waals surface area contributed by atoms with Gasteiger partial charge in [-0.1, -0.05) is 74.3 Å². The Morgan fingerprint density at radius 2 is 1.27 bits per heavy atom. The maximum atomic E-state index is 12.5. The Bertz CT molecular complexity index is 3450. The smallest absolute Gasteiger partial charge is 0.442 e. The number of aryl methyl sites for hydroxylation is 2. The molecule has 0 aliphatic carbocycles. The molecule has 5 N–H and O–H groups in total. The average Bonchev–Trinajstić information content (AvgIpc) is 3.74. The number of hydrogen-bond donors (Lipinski definition) is 5. The van der Waals surface area contributed by atoms with Crippen LogP contribution in [0.4, 0.5) is 52.2 Å². The molecule has 0 spiro atoms. The van der Waals surface area contributed by atoms with Gasteiger partial charge < -0.3 is 28.5 Å². The lowest BCUT2D eigenvalue weighted by Crippen LogP contribution is -2.35. The molecule has 0 unspecified atom stereocenters. The van der Waals surface area contributed by atoms with E-state index in [2.05, 4.69) is 44.8 Å². The lowest BCUT2D eigenvalue weighted by Gasteiger charge is -2.13. The maximum Gasteiger partial charge on any atom is 0.442 e. The van der Waals surface area contributed by atoms with Crippen LogP contribution in [-0.2, 0) is 31.9 Å². The van der Waals surface area contributed by atoms with Crippen molar-refractivity contribution in [3.8, 4) is 29.2 Å². The number of halogens is 9. The van der Waals surface area contributed by atoms with E-state index in [9.17, 15) is 66.7 Å². The van der Waals surface area contributed by atoms with Crippen molar-refractivity contribution in [2.45, 2.75) is 95.1 Å². The summed E-state index contributed by atoms with van der Waals surface area (Å²) in [4.78, 5) is 63.8. The minimum absolute atomic E-state index is 0.0642. The van der Waals surface area contributed by atoms with Crippen LogP contribution in [0.5, 0.6) is 23.5 Å². The summed E-state index contributed by atoms with van der Waals surface area (Å²) < 4.78 is 164. The number of rotatable bonds is 17. The molecular formula is C44H44Cl2F7N11O14S2. The number of methoxy groups -OCH3 is 1. The van der Waals surface area contributed by atoms with Crippen LogP contribution in [0.25, 0.3) is 5.69 Å². The van der Waals surface area contributed by atoms with Crippen molar-refractivity contribution < 1.29 is 90.4 Å². The third kappa shape index (κ3) is 19.7. The Kier molecular flexibility index (Phi) is 21.9. The van der Waals surface area contributed by atoms with Crippen LogP contribution >= 0.6 is 23.2 Å². The first-order valence-electron chi connectivity index (χ1n) is 22.0. The number of sulfonamides is 2. The zero-order valence-corrected chi connectivity index (χ0v) is 45.2. The van der Waals surface area contributed by atoms with E-state index < -0.39 is 109 Å². The molecule has 25 nitrogen and oxygen atoms in total. The number of carbonyl (C=O) groups is 3. The Balaban J connectivity index is 0.000000261. The largest absolute Gasteiger partial charge is 0.489 e. The van der Waals surface area contributed by atoms with Crippen molar-refractivity contribution in [1.29, 1.82) is 0 Å². The van der Waals surface area contributed by atoms with E-state index in [0.717, 1.165) is 22.9 Å². The van der Waals surface area contributed by atoms with Crippen molar-refractivity contribution in [2.75, 3.05) is 17.7 Å². The number of carboxylic acid groups (broad SMARTS) is 1. The number of carboxylic acids is 1. The quantitative estimate of drug-likeness (QED) is 0.0536. The number of nitrogens with one attached hydrogen (secondary N) is 4. The Morgan fingerprint density at radius 3 is 1.77 bits per heavy atom. The molecular weight excluding hydrogens is 1170 g/mol. The number of urea groups is 2. The van der Waals surface area contributed by atoms with E-state index in [1.54, 1.807) is 16.1 Å². The van der Waals surface area contributed by atoms with Gasteiger partial charge in [0.2, 0.25) is 29.5 Å². The summed E-state index contributed by atoms with van der Waals surface area (Å²) in [5.74, 6) is -4.35.